The monoisotopic (exact) mass is 249 g/mol. The second-order valence-electron chi connectivity index (χ2n) is 5.35. The maximum atomic E-state index is 4.78. The van der Waals surface area contributed by atoms with E-state index in [0.717, 1.165) is 17.7 Å². The smallest absolute Gasteiger partial charge is 0.0706 e. The molecule has 96 valence electrons. The minimum absolute atomic E-state index is 0.963. The molecule has 0 N–H and O–H groups in total. The van der Waals surface area contributed by atoms with E-state index in [0.29, 0.717) is 0 Å². The Morgan fingerprint density at radius 1 is 0.895 bits per heavy atom. The van der Waals surface area contributed by atoms with Gasteiger partial charge in [-0.05, 0) is 49.8 Å². The number of aryl methyl sites for hydroxylation is 3. The van der Waals surface area contributed by atoms with Crippen LogP contribution in [0.5, 0.6) is 0 Å². The lowest BCUT2D eigenvalue weighted by molar-refractivity contribution is 0.708. The van der Waals surface area contributed by atoms with E-state index < -0.39 is 0 Å². The Bertz CT molecular complexity index is 554. The molecule has 1 heterocycles. The molecule has 3 rings (SSSR count). The second kappa shape index (κ2) is 5.56. The van der Waals surface area contributed by atoms with Gasteiger partial charge in [-0.2, -0.15) is 0 Å². The molecular weight excluding hydrogens is 230 g/mol. The third-order valence-corrected chi connectivity index (χ3v) is 3.75. The van der Waals surface area contributed by atoms with Crippen LogP contribution in [-0.2, 0) is 12.8 Å². The van der Waals surface area contributed by atoms with E-state index in [1.165, 1.54) is 42.5 Å². The lowest BCUT2D eigenvalue weighted by Crippen LogP contribution is -1.99. The van der Waals surface area contributed by atoms with Gasteiger partial charge in [0.2, 0.25) is 0 Å². The van der Waals surface area contributed by atoms with Gasteiger partial charge in [0.15, 0.2) is 0 Å². The molecule has 0 fully saturated rings. The molecule has 0 amide bonds. The first kappa shape index (κ1) is 12.4. The fourth-order valence-electron chi connectivity index (χ4n) is 2.61. The van der Waals surface area contributed by atoms with Gasteiger partial charge in [-0.25, -0.2) is 0 Å². The van der Waals surface area contributed by atoms with Crippen molar-refractivity contribution in [1.29, 1.82) is 0 Å². The van der Waals surface area contributed by atoms with Crippen LogP contribution in [0.25, 0.3) is 0 Å². The Labute approximate surface area is 115 Å². The van der Waals surface area contributed by atoms with Crippen molar-refractivity contribution in [3.8, 4) is 0 Å². The first-order chi connectivity index (χ1) is 9.31. The fraction of sp³-hybridized carbons (Fsp3) is 0.333. The van der Waals surface area contributed by atoms with E-state index in [9.17, 15) is 0 Å². The van der Waals surface area contributed by atoms with Gasteiger partial charge in [-0.1, -0.05) is 42.3 Å². The lowest BCUT2D eigenvalue weighted by atomic mass is 10.0. The Morgan fingerprint density at radius 2 is 1.68 bits per heavy atom. The number of hydrogen-bond donors (Lipinski definition) is 0. The second-order valence-corrected chi connectivity index (χ2v) is 5.35. The minimum atomic E-state index is 0.963. The number of hydrogen-bond acceptors (Lipinski definition) is 1. The van der Waals surface area contributed by atoms with Gasteiger partial charge in [0, 0.05) is 5.69 Å². The highest BCUT2D eigenvalue weighted by molar-refractivity contribution is 5.36. The number of nitrogens with zero attached hydrogens (tertiary/aromatic N) is 1. The van der Waals surface area contributed by atoms with Gasteiger partial charge in [-0.3, -0.25) is 4.98 Å². The van der Waals surface area contributed by atoms with Crippen molar-refractivity contribution in [2.75, 3.05) is 0 Å². The molecular formula is C18H19N. The number of fused-ring (bicyclic) bond motifs is 1. The predicted octanol–water partition coefficient (Wildman–Crippen LogP) is 4.14. The molecule has 2 radical (unpaired) electrons. The van der Waals surface area contributed by atoms with Crippen molar-refractivity contribution in [2.45, 2.75) is 39.0 Å². The summed E-state index contributed by atoms with van der Waals surface area (Å²) in [5, 5.41) is 0. The van der Waals surface area contributed by atoms with Gasteiger partial charge in [0.05, 0.1) is 12.1 Å². The molecule has 0 saturated carbocycles. The summed E-state index contributed by atoms with van der Waals surface area (Å²) in [5.74, 6) is 0. The molecule has 1 heteroatoms. The molecule has 0 saturated heterocycles. The summed E-state index contributed by atoms with van der Waals surface area (Å²) in [6.07, 6.45) is 9.61. The Balaban J connectivity index is 1.81. The van der Waals surface area contributed by atoms with Crippen LogP contribution in [0, 0.1) is 13.3 Å². The zero-order valence-corrected chi connectivity index (χ0v) is 11.4. The van der Waals surface area contributed by atoms with E-state index in [1.807, 2.05) is 0 Å². The molecule has 2 aromatic rings. The quantitative estimate of drug-likeness (QED) is 0.729. The predicted molar refractivity (Wildman–Crippen MR) is 78.1 cm³/mol. The molecule has 1 nitrogen and oxygen atoms in total. The summed E-state index contributed by atoms with van der Waals surface area (Å²) in [6.45, 7) is 2.10. The van der Waals surface area contributed by atoms with Crippen LogP contribution in [0.1, 0.15) is 47.3 Å². The standard InChI is InChI=1S/C18H19N/c1-14-7-9-15(10-8-14)13-17-12-11-16-5-3-2-4-6-18(16)19-17/h7-12H,2-6H2,1H3. The van der Waals surface area contributed by atoms with Gasteiger partial charge >= 0.3 is 0 Å². The van der Waals surface area contributed by atoms with Crippen LogP contribution in [-0.4, -0.2) is 4.98 Å². The van der Waals surface area contributed by atoms with Gasteiger partial charge in [0.25, 0.3) is 0 Å². The highest BCUT2D eigenvalue weighted by atomic mass is 14.7. The summed E-state index contributed by atoms with van der Waals surface area (Å²) >= 11 is 0. The van der Waals surface area contributed by atoms with Crippen LogP contribution in [0.4, 0.5) is 0 Å². The topological polar surface area (TPSA) is 12.9 Å². The van der Waals surface area contributed by atoms with Gasteiger partial charge < -0.3 is 0 Å². The molecule has 0 aliphatic heterocycles. The van der Waals surface area contributed by atoms with Crippen LogP contribution >= 0.6 is 0 Å². The Hall–Kier alpha value is -1.63. The zero-order chi connectivity index (χ0) is 13.1. The summed E-state index contributed by atoms with van der Waals surface area (Å²) in [5.41, 5.74) is 6.07. The fourth-order valence-corrected chi connectivity index (χ4v) is 2.61. The lowest BCUT2D eigenvalue weighted by Gasteiger charge is -2.07. The van der Waals surface area contributed by atoms with Crippen molar-refractivity contribution >= 4 is 0 Å². The maximum Gasteiger partial charge on any atom is 0.0706 e. The van der Waals surface area contributed by atoms with Crippen LogP contribution < -0.4 is 0 Å². The largest absolute Gasteiger partial charge is 0.257 e. The maximum absolute atomic E-state index is 4.78. The normalized spacial score (nSPS) is 14.8. The Kier molecular flexibility index (Phi) is 3.63. The number of aromatic nitrogens is 1. The summed E-state index contributed by atoms with van der Waals surface area (Å²) in [4.78, 5) is 4.78. The summed E-state index contributed by atoms with van der Waals surface area (Å²) in [6, 6.07) is 12.8. The Morgan fingerprint density at radius 3 is 2.53 bits per heavy atom. The molecule has 1 aliphatic rings. The molecule has 0 bridgehead atoms. The molecule has 0 atom stereocenters. The average Bonchev–Trinajstić information content (AvgIpc) is 2.66. The van der Waals surface area contributed by atoms with Crippen LogP contribution in [0.15, 0.2) is 36.4 Å². The van der Waals surface area contributed by atoms with Crippen molar-refractivity contribution in [1.82, 2.24) is 4.98 Å². The summed E-state index contributed by atoms with van der Waals surface area (Å²) in [7, 11) is 0. The van der Waals surface area contributed by atoms with E-state index in [4.69, 9.17) is 4.98 Å². The van der Waals surface area contributed by atoms with Crippen molar-refractivity contribution in [3.63, 3.8) is 0 Å². The van der Waals surface area contributed by atoms with E-state index >= 15 is 0 Å². The molecule has 19 heavy (non-hydrogen) atoms. The van der Waals surface area contributed by atoms with Gasteiger partial charge in [-0.15, -0.1) is 0 Å². The molecule has 1 aromatic heterocycles. The van der Waals surface area contributed by atoms with Gasteiger partial charge in [0.1, 0.15) is 0 Å². The third kappa shape index (κ3) is 3.04. The highest BCUT2D eigenvalue weighted by Gasteiger charge is 2.10. The SMILES string of the molecule is Cc1ccc([C]c2ccc3c(n2)CCCCC3)cc1. The van der Waals surface area contributed by atoms with Crippen molar-refractivity contribution in [2.24, 2.45) is 0 Å². The molecule has 1 aliphatic carbocycles. The van der Waals surface area contributed by atoms with E-state index in [2.05, 4.69) is 49.7 Å². The third-order valence-electron chi connectivity index (χ3n) is 3.75. The van der Waals surface area contributed by atoms with E-state index in [-0.39, 0.29) is 0 Å². The van der Waals surface area contributed by atoms with Crippen molar-refractivity contribution in [3.05, 3.63) is 70.9 Å². The molecule has 0 unspecified atom stereocenters. The molecule has 0 spiro atoms. The highest BCUT2D eigenvalue weighted by Crippen LogP contribution is 2.20. The van der Waals surface area contributed by atoms with Crippen LogP contribution in [0.2, 0.25) is 0 Å². The number of pyridine rings is 1. The minimum Gasteiger partial charge on any atom is -0.257 e. The first-order valence-electron chi connectivity index (χ1n) is 7.14. The average molecular weight is 249 g/mol. The number of benzene rings is 1. The first-order valence-corrected chi connectivity index (χ1v) is 7.14. The zero-order valence-electron chi connectivity index (χ0n) is 11.4. The van der Waals surface area contributed by atoms with E-state index in [1.54, 1.807) is 0 Å². The number of rotatable bonds is 2. The van der Waals surface area contributed by atoms with Crippen LogP contribution in [0.3, 0.4) is 0 Å². The van der Waals surface area contributed by atoms with Crippen molar-refractivity contribution < 1.29 is 0 Å². The summed E-state index contributed by atoms with van der Waals surface area (Å²) < 4.78 is 0. The molecule has 1 aromatic carbocycles.